The average molecular weight is 264 g/mol. The molecule has 2 N–H and O–H groups in total. The van der Waals surface area contributed by atoms with Crippen LogP contribution in [0.4, 0.5) is 0 Å². The summed E-state index contributed by atoms with van der Waals surface area (Å²) in [6.45, 7) is 6.33. The first-order valence-electron chi connectivity index (χ1n) is 6.34. The molecule has 1 saturated heterocycles. The number of hydrogen-bond donors (Lipinski definition) is 2. The van der Waals surface area contributed by atoms with Crippen molar-refractivity contribution in [3.63, 3.8) is 0 Å². The van der Waals surface area contributed by atoms with Crippen molar-refractivity contribution in [2.75, 3.05) is 26.7 Å². The number of phenolic OH excluding ortho intramolecular Hbond substituents is 2. The summed E-state index contributed by atoms with van der Waals surface area (Å²) in [6, 6.07) is 4.18. The van der Waals surface area contributed by atoms with Crippen molar-refractivity contribution in [2.45, 2.75) is 19.4 Å². The van der Waals surface area contributed by atoms with Gasteiger partial charge in [-0.1, -0.05) is 0 Å². The van der Waals surface area contributed by atoms with Gasteiger partial charge in [-0.15, -0.1) is 0 Å². The van der Waals surface area contributed by atoms with E-state index >= 15 is 0 Å². The third kappa shape index (κ3) is 2.66. The van der Waals surface area contributed by atoms with Gasteiger partial charge >= 0.3 is 0 Å². The minimum Gasteiger partial charge on any atom is -0.504 e. The second-order valence-electron chi connectivity index (χ2n) is 5.66. The fourth-order valence-electron chi connectivity index (χ4n) is 2.25. The van der Waals surface area contributed by atoms with E-state index < -0.39 is 0 Å². The quantitative estimate of drug-likeness (QED) is 0.750. The Balaban J connectivity index is 2.18. The average Bonchev–Trinajstić information content (AvgIpc) is 2.35. The molecule has 0 aliphatic carbocycles. The SMILES string of the molecule is CN1CCN(C(=O)c2ccc(O)c(O)c2)CC1(C)C. The first-order valence-corrected chi connectivity index (χ1v) is 6.34. The van der Waals surface area contributed by atoms with Crippen LogP contribution in [0, 0.1) is 0 Å². The van der Waals surface area contributed by atoms with Crippen LogP contribution >= 0.6 is 0 Å². The molecular weight excluding hydrogens is 244 g/mol. The second kappa shape index (κ2) is 4.74. The van der Waals surface area contributed by atoms with Gasteiger partial charge in [0.05, 0.1) is 0 Å². The number of hydrogen-bond acceptors (Lipinski definition) is 4. The number of nitrogens with zero attached hydrogens (tertiary/aromatic N) is 2. The van der Waals surface area contributed by atoms with Gasteiger partial charge in [0.15, 0.2) is 11.5 Å². The molecule has 1 amide bonds. The molecule has 0 spiro atoms. The van der Waals surface area contributed by atoms with E-state index in [2.05, 4.69) is 18.7 Å². The molecule has 1 heterocycles. The molecule has 2 rings (SSSR count). The predicted octanol–water partition coefficient (Wildman–Crippen LogP) is 1.26. The van der Waals surface area contributed by atoms with Gasteiger partial charge in [-0.05, 0) is 39.1 Å². The van der Waals surface area contributed by atoms with E-state index in [-0.39, 0.29) is 22.9 Å². The summed E-state index contributed by atoms with van der Waals surface area (Å²) in [4.78, 5) is 16.4. The number of piperazine rings is 1. The summed E-state index contributed by atoms with van der Waals surface area (Å²) < 4.78 is 0. The van der Waals surface area contributed by atoms with Gasteiger partial charge in [-0.3, -0.25) is 9.69 Å². The van der Waals surface area contributed by atoms with Crippen LogP contribution in [0.3, 0.4) is 0 Å². The van der Waals surface area contributed by atoms with Gasteiger partial charge in [-0.2, -0.15) is 0 Å². The highest BCUT2D eigenvalue weighted by Gasteiger charge is 2.33. The molecule has 0 aromatic heterocycles. The highest BCUT2D eigenvalue weighted by atomic mass is 16.3. The normalized spacial score (nSPS) is 19.4. The number of rotatable bonds is 1. The molecule has 1 aromatic rings. The van der Waals surface area contributed by atoms with E-state index in [1.165, 1.54) is 18.2 Å². The lowest BCUT2D eigenvalue weighted by Crippen LogP contribution is -2.58. The van der Waals surface area contributed by atoms with Crippen LogP contribution in [0.2, 0.25) is 0 Å². The maximum atomic E-state index is 12.4. The number of likely N-dealkylation sites (N-methyl/N-ethyl adjacent to an activating group) is 1. The lowest BCUT2D eigenvalue weighted by molar-refractivity contribution is 0.0311. The number of carbonyl (C=O) groups is 1. The summed E-state index contributed by atoms with van der Waals surface area (Å²) in [5, 5.41) is 18.7. The molecule has 0 unspecified atom stereocenters. The van der Waals surface area contributed by atoms with Crippen LogP contribution in [-0.4, -0.2) is 58.1 Å². The fourth-order valence-corrected chi connectivity index (χ4v) is 2.25. The summed E-state index contributed by atoms with van der Waals surface area (Å²) in [6.07, 6.45) is 0. The van der Waals surface area contributed by atoms with E-state index in [9.17, 15) is 15.0 Å². The Hall–Kier alpha value is -1.75. The molecule has 104 valence electrons. The highest BCUT2D eigenvalue weighted by molar-refractivity contribution is 5.95. The Morgan fingerprint density at radius 1 is 1.21 bits per heavy atom. The first kappa shape index (κ1) is 13.7. The number of amides is 1. The zero-order valence-corrected chi connectivity index (χ0v) is 11.6. The van der Waals surface area contributed by atoms with Crippen molar-refractivity contribution in [2.24, 2.45) is 0 Å². The standard InChI is InChI=1S/C14H20N2O3/c1-14(2)9-16(7-6-15(14)3)13(19)10-4-5-11(17)12(18)8-10/h4-5,8,17-18H,6-7,9H2,1-3H3. The van der Waals surface area contributed by atoms with Crippen molar-refractivity contribution < 1.29 is 15.0 Å². The van der Waals surface area contributed by atoms with E-state index in [0.29, 0.717) is 18.7 Å². The molecular formula is C14H20N2O3. The largest absolute Gasteiger partial charge is 0.504 e. The molecule has 0 saturated carbocycles. The van der Waals surface area contributed by atoms with E-state index in [1.54, 1.807) is 4.90 Å². The highest BCUT2D eigenvalue weighted by Crippen LogP contribution is 2.26. The molecule has 1 aromatic carbocycles. The molecule has 1 aliphatic rings. The van der Waals surface area contributed by atoms with Crippen LogP contribution < -0.4 is 0 Å². The smallest absolute Gasteiger partial charge is 0.254 e. The first-order chi connectivity index (χ1) is 8.81. The van der Waals surface area contributed by atoms with Crippen LogP contribution in [-0.2, 0) is 0 Å². The van der Waals surface area contributed by atoms with Crippen molar-refractivity contribution in [3.05, 3.63) is 23.8 Å². The van der Waals surface area contributed by atoms with Gasteiger partial charge in [0.1, 0.15) is 0 Å². The summed E-state index contributed by atoms with van der Waals surface area (Å²) >= 11 is 0. The molecule has 1 aliphatic heterocycles. The number of aromatic hydroxyl groups is 2. The molecule has 5 heteroatoms. The van der Waals surface area contributed by atoms with Crippen LogP contribution in [0.5, 0.6) is 11.5 Å². The van der Waals surface area contributed by atoms with Crippen molar-refractivity contribution in [3.8, 4) is 11.5 Å². The van der Waals surface area contributed by atoms with Crippen LogP contribution in [0.25, 0.3) is 0 Å². The molecule has 1 fully saturated rings. The maximum Gasteiger partial charge on any atom is 0.254 e. The van der Waals surface area contributed by atoms with Gasteiger partial charge in [0.25, 0.3) is 5.91 Å². The number of carbonyl (C=O) groups excluding carboxylic acids is 1. The predicted molar refractivity (Wildman–Crippen MR) is 72.4 cm³/mol. The monoisotopic (exact) mass is 264 g/mol. The molecule has 5 nitrogen and oxygen atoms in total. The maximum absolute atomic E-state index is 12.4. The Bertz CT molecular complexity index is 499. The minimum atomic E-state index is -0.265. The molecule has 0 radical (unpaired) electrons. The lowest BCUT2D eigenvalue weighted by Gasteiger charge is -2.45. The summed E-state index contributed by atoms with van der Waals surface area (Å²) in [5.74, 6) is -0.592. The topological polar surface area (TPSA) is 64.0 Å². The number of benzene rings is 1. The Morgan fingerprint density at radius 2 is 1.89 bits per heavy atom. The molecule has 0 bridgehead atoms. The second-order valence-corrected chi connectivity index (χ2v) is 5.66. The fraction of sp³-hybridized carbons (Fsp3) is 0.500. The van der Waals surface area contributed by atoms with E-state index in [1.807, 2.05) is 7.05 Å². The third-order valence-electron chi connectivity index (χ3n) is 3.83. The van der Waals surface area contributed by atoms with E-state index in [4.69, 9.17) is 0 Å². The zero-order chi connectivity index (χ0) is 14.2. The minimum absolute atomic E-state index is 0.0626. The van der Waals surface area contributed by atoms with Crippen molar-refractivity contribution >= 4 is 5.91 Å². The third-order valence-corrected chi connectivity index (χ3v) is 3.83. The molecule has 0 atom stereocenters. The lowest BCUT2D eigenvalue weighted by atomic mass is 9.99. The summed E-state index contributed by atoms with van der Waals surface area (Å²) in [7, 11) is 2.05. The summed E-state index contributed by atoms with van der Waals surface area (Å²) in [5.41, 5.74) is 0.336. The van der Waals surface area contributed by atoms with Crippen molar-refractivity contribution in [1.29, 1.82) is 0 Å². The zero-order valence-electron chi connectivity index (χ0n) is 11.6. The van der Waals surface area contributed by atoms with Crippen molar-refractivity contribution in [1.82, 2.24) is 9.80 Å². The van der Waals surface area contributed by atoms with Gasteiger partial charge < -0.3 is 15.1 Å². The van der Waals surface area contributed by atoms with Gasteiger partial charge in [0, 0.05) is 30.7 Å². The van der Waals surface area contributed by atoms with Gasteiger partial charge in [0.2, 0.25) is 0 Å². The number of phenols is 2. The Labute approximate surface area is 113 Å². The van der Waals surface area contributed by atoms with E-state index in [0.717, 1.165) is 6.54 Å². The van der Waals surface area contributed by atoms with Crippen LogP contribution in [0.15, 0.2) is 18.2 Å². The Kier molecular flexibility index (Phi) is 3.41. The Morgan fingerprint density at radius 3 is 2.47 bits per heavy atom. The molecule has 19 heavy (non-hydrogen) atoms. The van der Waals surface area contributed by atoms with Gasteiger partial charge in [-0.25, -0.2) is 0 Å². The van der Waals surface area contributed by atoms with Crippen LogP contribution in [0.1, 0.15) is 24.2 Å².